The van der Waals surface area contributed by atoms with Gasteiger partial charge < -0.3 is 40.8 Å². The van der Waals surface area contributed by atoms with Crippen LogP contribution in [-0.2, 0) is 17.8 Å². The number of phenols is 1. The van der Waals surface area contributed by atoms with Crippen molar-refractivity contribution in [3.05, 3.63) is 130 Å². The van der Waals surface area contributed by atoms with Crippen LogP contribution in [0.25, 0.3) is 22.0 Å². The summed E-state index contributed by atoms with van der Waals surface area (Å²) in [6.45, 7) is 3.85. The van der Waals surface area contributed by atoms with Crippen LogP contribution in [0.2, 0.25) is 0 Å². The van der Waals surface area contributed by atoms with Crippen LogP contribution in [0.1, 0.15) is 35.6 Å². The molecule has 12 nitrogen and oxygen atoms in total. The number of aromatic amines is 1. The topological polar surface area (TPSA) is 168 Å². The van der Waals surface area contributed by atoms with Gasteiger partial charge in [0.2, 0.25) is 5.56 Å². The number of benzene rings is 4. The van der Waals surface area contributed by atoms with E-state index in [1.165, 1.54) is 12.1 Å². The third-order valence-electron chi connectivity index (χ3n) is 9.15. The number of carbonyl (C=O) groups excluding carboxylic acids is 2. The maximum Gasteiger partial charge on any atom is 0.411 e. The molecule has 1 aromatic heterocycles. The van der Waals surface area contributed by atoms with Crippen LogP contribution >= 0.6 is 0 Å². The number of rotatable bonds is 13. The van der Waals surface area contributed by atoms with E-state index in [0.717, 1.165) is 48.2 Å². The van der Waals surface area contributed by atoms with Crippen LogP contribution < -0.4 is 26.8 Å². The Hall–Kier alpha value is -5.69. The number of anilines is 1. The fourth-order valence-electron chi connectivity index (χ4n) is 6.44. The summed E-state index contributed by atoms with van der Waals surface area (Å²) in [4.78, 5) is 41.8. The number of aromatic hydroxyl groups is 1. The zero-order chi connectivity index (χ0) is 36.3. The minimum absolute atomic E-state index is 0.0525. The Bertz CT molecular complexity index is 2030. The van der Waals surface area contributed by atoms with Crippen LogP contribution in [0.5, 0.6) is 5.75 Å². The lowest BCUT2D eigenvalue weighted by Gasteiger charge is -2.31. The molecule has 0 aliphatic carbocycles. The number of aliphatic hydroxyl groups is 1. The van der Waals surface area contributed by atoms with Crippen LogP contribution in [0.3, 0.4) is 0 Å². The number of fused-ring (bicyclic) bond motifs is 1. The number of para-hydroxylation sites is 1. The van der Waals surface area contributed by atoms with E-state index in [-0.39, 0.29) is 30.0 Å². The van der Waals surface area contributed by atoms with Gasteiger partial charge in [0.05, 0.1) is 17.3 Å². The Kier molecular flexibility index (Phi) is 12.1. The van der Waals surface area contributed by atoms with Crippen LogP contribution in [0.4, 0.5) is 15.3 Å². The van der Waals surface area contributed by atoms with Gasteiger partial charge in [-0.2, -0.15) is 0 Å². The predicted octanol–water partition coefficient (Wildman–Crippen LogP) is 5.24. The standard InChI is InChI=1S/C40H44N6O6/c47-35-15-13-32(33-14-16-37(49)45-38(33)35)36(48)26-41-24-27-7-6-8-28(23-27)25-43-39(50)42-19-22-46-20-17-30(18-21-46)52-40(51)44-34-12-5-4-11-31(34)29-9-2-1-3-10-29/h1-16,23,30,36,41,47-48H,17-22,24-26H2,(H,44,51)(H,45,49)(H2,42,43,50)/t36-/m0/s1. The molecule has 2 heterocycles. The molecule has 0 saturated carbocycles. The molecule has 12 heteroatoms. The van der Waals surface area contributed by atoms with Crippen LogP contribution in [0.15, 0.2) is 108 Å². The third kappa shape index (κ3) is 9.75. The summed E-state index contributed by atoms with van der Waals surface area (Å²) in [5.74, 6) is -0.0525. The predicted molar refractivity (Wildman–Crippen MR) is 201 cm³/mol. The molecule has 0 radical (unpaired) electrons. The number of ether oxygens (including phenoxy) is 1. The van der Waals surface area contributed by atoms with Gasteiger partial charge in [-0.1, -0.05) is 78.9 Å². The zero-order valence-corrected chi connectivity index (χ0v) is 28.8. The fourth-order valence-corrected chi connectivity index (χ4v) is 6.44. The molecule has 1 saturated heterocycles. The molecule has 1 aliphatic rings. The van der Waals surface area contributed by atoms with Gasteiger partial charge in [-0.25, -0.2) is 9.59 Å². The van der Waals surface area contributed by atoms with E-state index >= 15 is 0 Å². The molecular formula is C40H44N6O6. The Morgan fingerprint density at radius 3 is 2.42 bits per heavy atom. The lowest BCUT2D eigenvalue weighted by atomic mass is 10.0. The average Bonchev–Trinajstić information content (AvgIpc) is 3.16. The third-order valence-corrected chi connectivity index (χ3v) is 9.15. The second kappa shape index (κ2) is 17.5. The summed E-state index contributed by atoms with van der Waals surface area (Å²) < 4.78 is 5.74. The van der Waals surface area contributed by atoms with Crippen LogP contribution in [-0.4, -0.2) is 71.0 Å². The van der Waals surface area contributed by atoms with E-state index in [1.807, 2.05) is 78.9 Å². The molecule has 6 rings (SSSR count). The minimum Gasteiger partial charge on any atom is -0.506 e. The monoisotopic (exact) mass is 704 g/mol. The summed E-state index contributed by atoms with van der Waals surface area (Å²) in [6.07, 6.45) is -0.0387. The molecule has 3 amide bonds. The first-order chi connectivity index (χ1) is 25.3. The number of likely N-dealkylation sites (tertiary alicyclic amines) is 1. The van der Waals surface area contributed by atoms with E-state index in [0.29, 0.717) is 48.3 Å². The van der Waals surface area contributed by atoms with E-state index < -0.39 is 12.2 Å². The first-order valence-corrected chi connectivity index (χ1v) is 17.5. The van der Waals surface area contributed by atoms with E-state index in [1.54, 1.807) is 12.1 Å². The lowest BCUT2D eigenvalue weighted by Crippen LogP contribution is -2.44. The Balaban J connectivity index is 0.864. The molecule has 1 fully saturated rings. The van der Waals surface area contributed by atoms with Gasteiger partial charge in [-0.05, 0) is 53.3 Å². The van der Waals surface area contributed by atoms with Crippen molar-refractivity contribution in [2.75, 3.05) is 38.0 Å². The highest BCUT2D eigenvalue weighted by Gasteiger charge is 2.23. The van der Waals surface area contributed by atoms with Crippen molar-refractivity contribution in [1.29, 1.82) is 0 Å². The minimum atomic E-state index is -0.858. The average molecular weight is 705 g/mol. The van der Waals surface area contributed by atoms with E-state index in [9.17, 15) is 24.6 Å². The van der Waals surface area contributed by atoms with Gasteiger partial charge in [0.1, 0.15) is 11.9 Å². The molecule has 0 spiro atoms. The van der Waals surface area contributed by atoms with Crippen molar-refractivity contribution in [3.8, 4) is 16.9 Å². The van der Waals surface area contributed by atoms with Crippen LogP contribution in [0, 0.1) is 0 Å². The molecular weight excluding hydrogens is 660 g/mol. The highest BCUT2D eigenvalue weighted by molar-refractivity contribution is 5.91. The molecule has 7 N–H and O–H groups in total. The first-order valence-electron chi connectivity index (χ1n) is 17.5. The van der Waals surface area contributed by atoms with Gasteiger partial charge in [0.15, 0.2) is 0 Å². The Labute approximate surface area is 301 Å². The summed E-state index contributed by atoms with van der Waals surface area (Å²) in [5.41, 5.74) is 5.16. The van der Waals surface area contributed by atoms with Crippen molar-refractivity contribution >= 4 is 28.7 Å². The number of nitrogens with zero attached hydrogens (tertiary/aromatic N) is 1. The maximum absolute atomic E-state index is 12.7. The van der Waals surface area contributed by atoms with Gasteiger partial charge in [0, 0.05) is 62.8 Å². The molecule has 52 heavy (non-hydrogen) atoms. The van der Waals surface area contributed by atoms with Gasteiger partial charge in [0.25, 0.3) is 0 Å². The Morgan fingerprint density at radius 2 is 1.62 bits per heavy atom. The molecule has 5 aromatic rings. The number of aromatic nitrogens is 1. The number of piperidine rings is 1. The number of hydrogen-bond donors (Lipinski definition) is 7. The second-order valence-corrected chi connectivity index (χ2v) is 12.8. The summed E-state index contributed by atoms with van der Waals surface area (Å²) >= 11 is 0. The summed E-state index contributed by atoms with van der Waals surface area (Å²) in [7, 11) is 0. The molecule has 0 bridgehead atoms. The van der Waals surface area contributed by atoms with E-state index in [2.05, 4.69) is 31.2 Å². The number of hydrogen-bond acceptors (Lipinski definition) is 8. The molecule has 1 aliphatic heterocycles. The van der Waals surface area contributed by atoms with Crippen molar-refractivity contribution in [3.63, 3.8) is 0 Å². The van der Waals surface area contributed by atoms with Gasteiger partial charge >= 0.3 is 12.1 Å². The van der Waals surface area contributed by atoms with Crippen molar-refractivity contribution in [2.24, 2.45) is 0 Å². The zero-order valence-electron chi connectivity index (χ0n) is 28.8. The molecule has 0 unspecified atom stereocenters. The summed E-state index contributed by atoms with van der Waals surface area (Å²) in [6, 6.07) is 31.2. The number of nitrogens with one attached hydrogen (secondary N) is 5. The number of pyridine rings is 1. The normalized spacial score (nSPS) is 14.1. The van der Waals surface area contributed by atoms with Crippen molar-refractivity contribution in [2.45, 2.75) is 38.1 Å². The number of aliphatic hydroxyl groups excluding tert-OH is 1. The number of carbonyl (C=O) groups is 2. The highest BCUT2D eigenvalue weighted by Crippen LogP contribution is 2.29. The number of urea groups is 1. The number of amides is 3. The van der Waals surface area contributed by atoms with Crippen molar-refractivity contribution < 1.29 is 24.5 Å². The quantitative estimate of drug-likeness (QED) is 0.0874. The lowest BCUT2D eigenvalue weighted by molar-refractivity contribution is 0.0594. The molecule has 4 aromatic carbocycles. The first kappa shape index (κ1) is 36.1. The van der Waals surface area contributed by atoms with Crippen molar-refractivity contribution in [1.82, 2.24) is 25.8 Å². The second-order valence-electron chi connectivity index (χ2n) is 12.8. The molecule has 270 valence electrons. The van der Waals surface area contributed by atoms with Gasteiger partial charge in [-0.15, -0.1) is 0 Å². The largest absolute Gasteiger partial charge is 0.506 e. The smallest absolute Gasteiger partial charge is 0.411 e. The maximum atomic E-state index is 12.7. The highest BCUT2D eigenvalue weighted by atomic mass is 16.6. The fraction of sp³-hybridized carbons (Fsp3) is 0.275. The summed E-state index contributed by atoms with van der Waals surface area (Å²) in [5, 5.41) is 33.5. The molecule has 1 atom stereocenters. The number of phenolic OH excluding ortho intramolecular Hbond substituents is 1. The number of H-pyrrole nitrogens is 1. The van der Waals surface area contributed by atoms with Gasteiger partial charge in [-0.3, -0.25) is 10.1 Å². The van der Waals surface area contributed by atoms with E-state index in [4.69, 9.17) is 4.74 Å². The Morgan fingerprint density at radius 1 is 0.865 bits per heavy atom. The SMILES string of the molecule is O=C(NCCN1CCC(OC(=O)Nc2ccccc2-c2ccccc2)CC1)NCc1cccc(CNC[C@H](O)c2ccc(O)c3[nH]c(=O)ccc23)c1.